The van der Waals surface area contributed by atoms with Gasteiger partial charge in [-0.3, -0.25) is 14.9 Å². The van der Waals surface area contributed by atoms with E-state index in [1.54, 1.807) is 30.3 Å². The Morgan fingerprint density at radius 1 is 1.00 bits per heavy atom. The Bertz CT molecular complexity index is 1380. The Morgan fingerprint density at radius 3 is 2.52 bits per heavy atom. The zero-order chi connectivity index (χ0) is 20.3. The molecule has 1 aliphatic rings. The molecule has 0 fully saturated rings. The molecular weight excluding hydrogens is 388 g/mol. The minimum Gasteiger partial charge on any atom is -0.508 e. The van der Waals surface area contributed by atoms with Gasteiger partial charge in [0.1, 0.15) is 5.75 Å². The molecule has 0 atom stereocenters. The normalized spacial score (nSPS) is 13.1. The second kappa shape index (κ2) is 6.22. The van der Waals surface area contributed by atoms with Gasteiger partial charge in [0, 0.05) is 33.4 Å². The molecule has 142 valence electrons. The first-order chi connectivity index (χ1) is 14.0. The van der Waals surface area contributed by atoms with Crippen LogP contribution in [0.25, 0.3) is 32.9 Å². The quantitative estimate of drug-likeness (QED) is 0.378. The number of halogens is 1. The van der Waals surface area contributed by atoms with Crippen LogP contribution in [0.1, 0.15) is 20.7 Å². The van der Waals surface area contributed by atoms with Gasteiger partial charge in [-0.05, 0) is 35.9 Å². The van der Waals surface area contributed by atoms with Gasteiger partial charge < -0.3 is 9.67 Å². The van der Waals surface area contributed by atoms with Crippen molar-refractivity contribution in [2.24, 2.45) is 0 Å². The number of hydrogen-bond donors (Lipinski definition) is 2. The van der Waals surface area contributed by atoms with Crippen LogP contribution in [-0.2, 0) is 6.54 Å². The SMILES string of the molecule is C=CCn1c2ccc(O)cc2c2c3c(c(-c4ccccc4Cl)cc21)C(=O)NC3=O. The zero-order valence-electron chi connectivity index (χ0n) is 15.2. The first-order valence-corrected chi connectivity index (χ1v) is 9.42. The lowest BCUT2D eigenvalue weighted by Crippen LogP contribution is -2.20. The van der Waals surface area contributed by atoms with Crippen molar-refractivity contribution in [2.75, 3.05) is 0 Å². The number of rotatable bonds is 3. The number of aromatic nitrogens is 1. The van der Waals surface area contributed by atoms with Crippen LogP contribution in [0.2, 0.25) is 5.02 Å². The van der Waals surface area contributed by atoms with Crippen molar-refractivity contribution in [2.45, 2.75) is 6.54 Å². The highest BCUT2D eigenvalue weighted by molar-refractivity contribution is 6.36. The highest BCUT2D eigenvalue weighted by Crippen LogP contribution is 2.42. The zero-order valence-corrected chi connectivity index (χ0v) is 16.0. The lowest BCUT2D eigenvalue weighted by molar-refractivity contribution is 0.0880. The number of nitrogens with zero attached hydrogens (tertiary/aromatic N) is 1. The molecule has 6 heteroatoms. The fourth-order valence-corrected chi connectivity index (χ4v) is 4.39. The molecule has 1 aliphatic heterocycles. The number of hydrogen-bond acceptors (Lipinski definition) is 3. The summed E-state index contributed by atoms with van der Waals surface area (Å²) in [6.45, 7) is 4.34. The van der Waals surface area contributed by atoms with Gasteiger partial charge in [-0.2, -0.15) is 0 Å². The second-order valence-electron chi connectivity index (χ2n) is 6.93. The maximum atomic E-state index is 12.8. The van der Waals surface area contributed by atoms with Crippen LogP contribution in [0.3, 0.4) is 0 Å². The molecule has 4 aromatic rings. The van der Waals surface area contributed by atoms with E-state index in [0.717, 1.165) is 11.0 Å². The van der Waals surface area contributed by atoms with E-state index in [0.29, 0.717) is 44.6 Å². The molecule has 5 nitrogen and oxygen atoms in total. The van der Waals surface area contributed by atoms with Crippen LogP contribution in [-0.4, -0.2) is 21.5 Å². The van der Waals surface area contributed by atoms with Gasteiger partial charge in [0.15, 0.2) is 0 Å². The summed E-state index contributed by atoms with van der Waals surface area (Å²) in [5, 5.41) is 14.3. The van der Waals surface area contributed by atoms with E-state index in [9.17, 15) is 14.7 Å². The van der Waals surface area contributed by atoms with E-state index in [-0.39, 0.29) is 5.75 Å². The topological polar surface area (TPSA) is 71.3 Å². The molecule has 0 unspecified atom stereocenters. The van der Waals surface area contributed by atoms with E-state index in [1.807, 2.05) is 28.8 Å². The summed E-state index contributed by atoms with van der Waals surface area (Å²) in [5.41, 5.74) is 3.49. The molecular formula is C23H15ClN2O3. The number of phenolic OH excluding ortho intramolecular Hbond substituents is 1. The van der Waals surface area contributed by atoms with Crippen LogP contribution < -0.4 is 5.32 Å². The van der Waals surface area contributed by atoms with Crippen molar-refractivity contribution in [3.63, 3.8) is 0 Å². The first kappa shape index (κ1) is 17.5. The molecule has 0 radical (unpaired) electrons. The maximum absolute atomic E-state index is 12.8. The Balaban J connectivity index is 2.04. The number of fused-ring (bicyclic) bond motifs is 5. The third kappa shape index (κ3) is 2.41. The van der Waals surface area contributed by atoms with Crippen LogP contribution in [0, 0.1) is 0 Å². The minimum absolute atomic E-state index is 0.0869. The number of carbonyl (C=O) groups excluding carboxylic acids is 2. The van der Waals surface area contributed by atoms with Gasteiger partial charge in [-0.15, -0.1) is 6.58 Å². The van der Waals surface area contributed by atoms with Crippen molar-refractivity contribution < 1.29 is 14.7 Å². The van der Waals surface area contributed by atoms with Crippen LogP contribution >= 0.6 is 11.6 Å². The van der Waals surface area contributed by atoms with E-state index >= 15 is 0 Å². The highest BCUT2D eigenvalue weighted by atomic mass is 35.5. The standard InChI is InChI=1S/C23H15ClN2O3/c1-2-9-26-17-8-7-12(27)10-15(17)19-18(26)11-14(13-5-3-4-6-16(13)24)20-21(19)23(29)25-22(20)28/h2-8,10-11,27H,1,9H2,(H,25,28,29). The number of allylic oxidation sites excluding steroid dienone is 1. The number of nitrogens with one attached hydrogen (secondary N) is 1. The van der Waals surface area contributed by atoms with Gasteiger partial charge in [0.2, 0.25) is 0 Å². The van der Waals surface area contributed by atoms with E-state index in [2.05, 4.69) is 11.9 Å². The summed E-state index contributed by atoms with van der Waals surface area (Å²) in [5.74, 6) is -0.819. The number of imide groups is 1. The second-order valence-corrected chi connectivity index (χ2v) is 7.34. The Hall–Kier alpha value is -3.57. The van der Waals surface area contributed by atoms with Gasteiger partial charge in [-0.1, -0.05) is 35.9 Å². The summed E-state index contributed by atoms with van der Waals surface area (Å²) >= 11 is 6.42. The number of aromatic hydroxyl groups is 1. The third-order valence-corrected chi connectivity index (χ3v) is 5.62. The monoisotopic (exact) mass is 402 g/mol. The Kier molecular flexibility index (Phi) is 3.76. The number of carbonyl (C=O) groups is 2. The lowest BCUT2D eigenvalue weighted by atomic mass is 9.93. The summed E-state index contributed by atoms with van der Waals surface area (Å²) < 4.78 is 2.01. The van der Waals surface area contributed by atoms with Gasteiger partial charge >= 0.3 is 0 Å². The average Bonchev–Trinajstić information content (AvgIpc) is 3.16. The fraction of sp³-hybridized carbons (Fsp3) is 0.0435. The molecule has 0 spiro atoms. The van der Waals surface area contributed by atoms with E-state index in [1.165, 1.54) is 0 Å². The Labute approximate surface area is 170 Å². The van der Waals surface area contributed by atoms with Crippen molar-refractivity contribution in [1.82, 2.24) is 9.88 Å². The molecule has 0 saturated carbocycles. The molecule has 29 heavy (non-hydrogen) atoms. The van der Waals surface area contributed by atoms with E-state index in [4.69, 9.17) is 11.6 Å². The fourth-order valence-electron chi connectivity index (χ4n) is 4.15. The summed E-state index contributed by atoms with van der Waals surface area (Å²) in [6.07, 6.45) is 1.76. The molecule has 1 aromatic heterocycles. The van der Waals surface area contributed by atoms with Crippen LogP contribution in [0.4, 0.5) is 0 Å². The largest absolute Gasteiger partial charge is 0.508 e. The van der Waals surface area contributed by atoms with Gasteiger partial charge in [0.25, 0.3) is 11.8 Å². The summed E-state index contributed by atoms with van der Waals surface area (Å²) in [7, 11) is 0. The average molecular weight is 403 g/mol. The molecule has 0 bridgehead atoms. The van der Waals surface area contributed by atoms with E-state index < -0.39 is 11.8 Å². The Morgan fingerprint density at radius 2 is 1.76 bits per heavy atom. The summed E-state index contributed by atoms with van der Waals surface area (Å²) in [6, 6.07) is 14.1. The molecule has 0 aliphatic carbocycles. The molecule has 3 aromatic carbocycles. The van der Waals surface area contributed by atoms with Gasteiger partial charge in [0.05, 0.1) is 16.6 Å². The van der Waals surface area contributed by atoms with Crippen molar-refractivity contribution in [3.8, 4) is 16.9 Å². The predicted molar refractivity (Wildman–Crippen MR) is 114 cm³/mol. The van der Waals surface area contributed by atoms with Crippen molar-refractivity contribution in [3.05, 3.63) is 77.3 Å². The van der Waals surface area contributed by atoms with Crippen LogP contribution in [0.15, 0.2) is 61.2 Å². The lowest BCUT2D eigenvalue weighted by Gasteiger charge is -2.11. The van der Waals surface area contributed by atoms with Gasteiger partial charge in [-0.25, -0.2) is 0 Å². The molecule has 2 amide bonds. The summed E-state index contributed by atoms with van der Waals surface area (Å²) in [4.78, 5) is 25.5. The molecule has 2 heterocycles. The number of phenols is 1. The molecule has 5 rings (SSSR count). The molecule has 2 N–H and O–H groups in total. The third-order valence-electron chi connectivity index (χ3n) is 5.29. The maximum Gasteiger partial charge on any atom is 0.259 e. The van der Waals surface area contributed by atoms with Crippen LogP contribution in [0.5, 0.6) is 5.75 Å². The highest BCUT2D eigenvalue weighted by Gasteiger charge is 2.34. The molecule has 0 saturated heterocycles. The predicted octanol–water partition coefficient (Wildman–Crippen LogP) is 4.89. The number of benzene rings is 3. The van der Waals surface area contributed by atoms with Crippen molar-refractivity contribution >= 4 is 45.2 Å². The number of amides is 2. The minimum atomic E-state index is -0.454. The van der Waals surface area contributed by atoms with Crippen molar-refractivity contribution in [1.29, 1.82) is 0 Å². The first-order valence-electron chi connectivity index (χ1n) is 9.04. The smallest absolute Gasteiger partial charge is 0.259 e.